The molecule has 0 radical (unpaired) electrons. The van der Waals surface area contributed by atoms with E-state index in [-0.39, 0.29) is 16.8 Å². The summed E-state index contributed by atoms with van der Waals surface area (Å²) >= 11 is 1.70. The Balaban J connectivity index is 1.63. The van der Waals surface area contributed by atoms with Crippen LogP contribution in [0.5, 0.6) is 0 Å². The van der Waals surface area contributed by atoms with E-state index in [4.69, 9.17) is 4.42 Å². The number of nitrogens with one attached hydrogen (secondary N) is 1. The summed E-state index contributed by atoms with van der Waals surface area (Å²) in [5, 5.41) is 10.3. The molecule has 9 heteroatoms. The number of amides is 1. The molecule has 2 aromatic carbocycles. The smallest absolute Gasteiger partial charge is 0.322 e. The van der Waals surface area contributed by atoms with Gasteiger partial charge in [-0.3, -0.25) is 10.1 Å². The first-order valence-electron chi connectivity index (χ1n) is 8.51. The van der Waals surface area contributed by atoms with Crippen LogP contribution in [0.15, 0.2) is 62.7 Å². The van der Waals surface area contributed by atoms with Crippen LogP contribution in [0.3, 0.4) is 0 Å². The molecule has 0 unspecified atom stereocenters. The van der Waals surface area contributed by atoms with E-state index < -0.39 is 9.84 Å². The molecule has 0 aliphatic rings. The Labute approximate surface area is 167 Å². The summed E-state index contributed by atoms with van der Waals surface area (Å²) in [4.78, 5) is 13.6. The average Bonchev–Trinajstić information content (AvgIpc) is 3.09. The van der Waals surface area contributed by atoms with Crippen LogP contribution in [0.1, 0.15) is 28.7 Å². The van der Waals surface area contributed by atoms with Gasteiger partial charge in [-0.05, 0) is 47.7 Å². The fraction of sp³-hybridized carbons (Fsp3) is 0.211. The maximum Gasteiger partial charge on any atom is 0.322 e. The van der Waals surface area contributed by atoms with Crippen molar-refractivity contribution < 1.29 is 17.6 Å². The molecule has 0 bridgehead atoms. The van der Waals surface area contributed by atoms with E-state index in [0.29, 0.717) is 17.9 Å². The van der Waals surface area contributed by atoms with Crippen LogP contribution in [0.4, 0.5) is 6.01 Å². The molecular formula is C19H19N3O4S2. The van der Waals surface area contributed by atoms with Crippen LogP contribution in [0.25, 0.3) is 0 Å². The van der Waals surface area contributed by atoms with Gasteiger partial charge in [0.15, 0.2) is 9.84 Å². The van der Waals surface area contributed by atoms with Crippen LogP contribution in [0.2, 0.25) is 0 Å². The van der Waals surface area contributed by atoms with Crippen molar-refractivity contribution in [2.24, 2.45) is 0 Å². The van der Waals surface area contributed by atoms with Gasteiger partial charge >= 0.3 is 6.01 Å². The number of aromatic nitrogens is 2. The lowest BCUT2D eigenvalue weighted by molar-refractivity contribution is 0.102. The number of carbonyl (C=O) groups is 1. The van der Waals surface area contributed by atoms with Crippen molar-refractivity contribution in [2.45, 2.75) is 23.1 Å². The molecule has 3 rings (SSSR count). The zero-order chi connectivity index (χ0) is 20.1. The van der Waals surface area contributed by atoms with Gasteiger partial charge in [0.25, 0.3) is 5.91 Å². The summed E-state index contributed by atoms with van der Waals surface area (Å²) in [7, 11) is -3.23. The van der Waals surface area contributed by atoms with Crippen molar-refractivity contribution in [1.82, 2.24) is 10.2 Å². The van der Waals surface area contributed by atoms with Gasteiger partial charge in [-0.25, -0.2) is 8.42 Å². The lowest BCUT2D eigenvalue weighted by Crippen LogP contribution is -2.11. The summed E-state index contributed by atoms with van der Waals surface area (Å²) in [5.74, 6) is 0.950. The molecule has 0 saturated carbocycles. The minimum absolute atomic E-state index is 0.0137. The number of hydrogen-bond acceptors (Lipinski definition) is 7. The molecule has 3 aromatic rings. The van der Waals surface area contributed by atoms with Crippen LogP contribution in [0, 0.1) is 0 Å². The van der Waals surface area contributed by atoms with Gasteiger partial charge < -0.3 is 4.42 Å². The van der Waals surface area contributed by atoms with Crippen molar-refractivity contribution in [3.05, 3.63) is 65.5 Å². The van der Waals surface area contributed by atoms with E-state index in [1.807, 2.05) is 12.1 Å². The molecule has 0 aliphatic carbocycles. The number of thioether (sulfide) groups is 1. The van der Waals surface area contributed by atoms with E-state index in [1.54, 1.807) is 36.0 Å². The fourth-order valence-corrected chi connectivity index (χ4v) is 3.74. The molecular weight excluding hydrogens is 398 g/mol. The lowest BCUT2D eigenvalue weighted by atomic mass is 10.1. The Morgan fingerprint density at radius 3 is 2.36 bits per heavy atom. The molecule has 7 nitrogen and oxygen atoms in total. The molecule has 28 heavy (non-hydrogen) atoms. The Bertz CT molecular complexity index is 1060. The van der Waals surface area contributed by atoms with Gasteiger partial charge in [0.05, 0.1) is 11.3 Å². The minimum atomic E-state index is -3.23. The van der Waals surface area contributed by atoms with Gasteiger partial charge in [-0.2, -0.15) is 0 Å². The second-order valence-corrected chi connectivity index (χ2v) is 9.36. The molecule has 1 heterocycles. The zero-order valence-electron chi connectivity index (χ0n) is 15.4. The molecule has 0 saturated heterocycles. The molecule has 0 spiro atoms. The fourth-order valence-electron chi connectivity index (χ4n) is 2.44. The highest BCUT2D eigenvalue weighted by Gasteiger charge is 2.13. The number of sulfone groups is 1. The first-order valence-corrected chi connectivity index (χ1v) is 11.4. The summed E-state index contributed by atoms with van der Waals surface area (Å²) in [6.45, 7) is 2.07. The Hall–Kier alpha value is -2.65. The summed E-state index contributed by atoms with van der Waals surface area (Å²) in [6.07, 6.45) is 1.49. The van der Waals surface area contributed by atoms with Crippen LogP contribution in [-0.2, 0) is 16.3 Å². The molecule has 146 valence electrons. The van der Waals surface area contributed by atoms with Crippen molar-refractivity contribution in [3.8, 4) is 0 Å². The van der Waals surface area contributed by atoms with Crippen LogP contribution >= 0.6 is 11.8 Å². The normalized spacial score (nSPS) is 11.4. The predicted octanol–water partition coefficient (Wildman–Crippen LogP) is 3.43. The quantitative estimate of drug-likeness (QED) is 0.588. The van der Waals surface area contributed by atoms with Gasteiger partial charge in [0.1, 0.15) is 0 Å². The predicted molar refractivity (Wildman–Crippen MR) is 107 cm³/mol. The van der Waals surface area contributed by atoms with E-state index in [2.05, 4.69) is 22.4 Å². The van der Waals surface area contributed by atoms with Gasteiger partial charge in [0, 0.05) is 16.7 Å². The first-order chi connectivity index (χ1) is 13.3. The third-order valence-corrected chi connectivity index (χ3v) is 5.84. The van der Waals surface area contributed by atoms with E-state index >= 15 is 0 Å². The van der Waals surface area contributed by atoms with Crippen molar-refractivity contribution in [1.29, 1.82) is 0 Å². The summed E-state index contributed by atoms with van der Waals surface area (Å²) < 4.78 is 28.5. The topological polar surface area (TPSA) is 102 Å². The number of anilines is 1. The van der Waals surface area contributed by atoms with Gasteiger partial charge in [-0.1, -0.05) is 24.2 Å². The molecule has 0 atom stereocenters. The molecule has 0 aliphatic heterocycles. The highest BCUT2D eigenvalue weighted by molar-refractivity contribution is 7.99. The monoisotopic (exact) mass is 417 g/mol. The third-order valence-electron chi connectivity index (χ3n) is 3.82. The number of nitrogens with zero attached hydrogens (tertiary/aromatic N) is 2. The number of rotatable bonds is 7. The second kappa shape index (κ2) is 8.57. The maximum atomic E-state index is 12.3. The van der Waals surface area contributed by atoms with Crippen molar-refractivity contribution in [2.75, 3.05) is 17.3 Å². The van der Waals surface area contributed by atoms with Crippen molar-refractivity contribution in [3.63, 3.8) is 0 Å². The highest BCUT2D eigenvalue weighted by Crippen LogP contribution is 2.19. The van der Waals surface area contributed by atoms with Crippen molar-refractivity contribution >= 4 is 33.5 Å². The first kappa shape index (κ1) is 20.1. The standard InChI is InChI=1S/C19H19N3O4S2/c1-3-27-15-8-6-14(7-9-15)18(23)20-19-22-21-17(26-19)12-13-4-10-16(11-5-13)28(2,24)25/h4-11H,3,12H2,1-2H3,(H,20,22,23). The summed E-state index contributed by atoms with van der Waals surface area (Å²) in [6, 6.07) is 13.7. The van der Waals surface area contributed by atoms with E-state index in [1.165, 1.54) is 12.1 Å². The lowest BCUT2D eigenvalue weighted by Gasteiger charge is -2.02. The van der Waals surface area contributed by atoms with Gasteiger partial charge in [-0.15, -0.1) is 16.9 Å². The highest BCUT2D eigenvalue weighted by atomic mass is 32.2. The Morgan fingerprint density at radius 2 is 1.75 bits per heavy atom. The van der Waals surface area contributed by atoms with E-state index in [0.717, 1.165) is 22.5 Å². The molecule has 1 aromatic heterocycles. The minimum Gasteiger partial charge on any atom is -0.407 e. The van der Waals surface area contributed by atoms with E-state index in [9.17, 15) is 13.2 Å². The second-order valence-electron chi connectivity index (χ2n) is 6.01. The maximum absolute atomic E-state index is 12.3. The summed E-state index contributed by atoms with van der Waals surface area (Å²) in [5.41, 5.74) is 1.31. The number of carbonyl (C=O) groups excluding carboxylic acids is 1. The largest absolute Gasteiger partial charge is 0.407 e. The van der Waals surface area contributed by atoms with Crippen LogP contribution in [-0.4, -0.2) is 36.5 Å². The van der Waals surface area contributed by atoms with Gasteiger partial charge in [0.2, 0.25) is 5.89 Å². The average molecular weight is 418 g/mol. The number of hydrogen-bond donors (Lipinski definition) is 1. The van der Waals surface area contributed by atoms with Crippen LogP contribution < -0.4 is 5.32 Å². The number of benzene rings is 2. The molecule has 1 amide bonds. The Morgan fingerprint density at radius 1 is 1.07 bits per heavy atom. The Kier molecular flexibility index (Phi) is 6.15. The molecule has 0 fully saturated rings. The third kappa shape index (κ3) is 5.20. The zero-order valence-corrected chi connectivity index (χ0v) is 17.0. The SMILES string of the molecule is CCSc1ccc(C(=O)Nc2nnc(Cc3ccc(S(C)(=O)=O)cc3)o2)cc1. The molecule has 1 N–H and O–H groups in total.